The van der Waals surface area contributed by atoms with Crippen LogP contribution in [0.25, 0.3) is 0 Å². The van der Waals surface area contributed by atoms with Gasteiger partial charge in [-0.05, 0) is 62.1 Å². The molecule has 5 heteroatoms. The second-order valence-corrected chi connectivity index (χ2v) is 8.40. The Morgan fingerprint density at radius 3 is 2.41 bits per heavy atom. The number of hydrogen-bond donors (Lipinski definition) is 1. The molecule has 2 aliphatic rings. The maximum absolute atomic E-state index is 12.3. The lowest BCUT2D eigenvalue weighted by molar-refractivity contribution is 0.113. The molecule has 5 nitrogen and oxygen atoms in total. The molecule has 2 saturated heterocycles. The predicted molar refractivity (Wildman–Crippen MR) is 120 cm³/mol. The molecule has 0 aromatic heterocycles. The van der Waals surface area contributed by atoms with E-state index in [9.17, 15) is 4.79 Å². The molecule has 2 aliphatic heterocycles. The number of para-hydroxylation sites is 1. The second-order valence-electron chi connectivity index (χ2n) is 8.40. The monoisotopic (exact) mass is 392 g/mol. The van der Waals surface area contributed by atoms with Crippen LogP contribution in [0.3, 0.4) is 0 Å². The first kappa shape index (κ1) is 19.8. The van der Waals surface area contributed by atoms with Crippen LogP contribution in [0.15, 0.2) is 48.5 Å². The summed E-state index contributed by atoms with van der Waals surface area (Å²) < 4.78 is 0. The molecule has 2 heterocycles. The molecule has 0 radical (unpaired) electrons. The van der Waals surface area contributed by atoms with Gasteiger partial charge in [0.05, 0.1) is 0 Å². The van der Waals surface area contributed by atoms with E-state index in [-0.39, 0.29) is 6.03 Å². The molecular weight excluding hydrogens is 360 g/mol. The van der Waals surface area contributed by atoms with Crippen LogP contribution in [0.1, 0.15) is 17.5 Å². The number of piperazine rings is 1. The third-order valence-electron chi connectivity index (χ3n) is 6.41. The van der Waals surface area contributed by atoms with E-state index in [0.29, 0.717) is 5.92 Å². The minimum Gasteiger partial charge on any atom is -0.369 e. The summed E-state index contributed by atoms with van der Waals surface area (Å²) in [6, 6.07) is 16.3. The number of amides is 2. The highest BCUT2D eigenvalue weighted by molar-refractivity contribution is 5.89. The van der Waals surface area contributed by atoms with E-state index in [1.807, 2.05) is 35.2 Å². The van der Waals surface area contributed by atoms with Gasteiger partial charge in [0.15, 0.2) is 0 Å². The van der Waals surface area contributed by atoms with Gasteiger partial charge in [0, 0.05) is 50.6 Å². The molecule has 154 valence electrons. The predicted octanol–water partition coefficient (Wildman–Crippen LogP) is 3.98. The van der Waals surface area contributed by atoms with Gasteiger partial charge in [-0.15, -0.1) is 0 Å². The maximum Gasteiger partial charge on any atom is 0.321 e. The van der Waals surface area contributed by atoms with E-state index in [4.69, 9.17) is 0 Å². The molecule has 2 fully saturated rings. The van der Waals surface area contributed by atoms with E-state index < -0.39 is 0 Å². The molecule has 0 aliphatic carbocycles. The van der Waals surface area contributed by atoms with Crippen molar-refractivity contribution in [3.05, 3.63) is 59.7 Å². The average molecular weight is 393 g/mol. The van der Waals surface area contributed by atoms with Crippen molar-refractivity contribution >= 4 is 17.4 Å². The zero-order valence-corrected chi connectivity index (χ0v) is 17.6. The average Bonchev–Trinajstić information content (AvgIpc) is 2.70. The van der Waals surface area contributed by atoms with E-state index in [1.165, 1.54) is 23.2 Å². The van der Waals surface area contributed by atoms with Gasteiger partial charge < -0.3 is 15.1 Å². The third-order valence-corrected chi connectivity index (χ3v) is 6.41. The number of aryl methyl sites for hydroxylation is 1. The number of likely N-dealkylation sites (tertiary alicyclic amines) is 1. The first-order valence-electron chi connectivity index (χ1n) is 10.7. The summed E-state index contributed by atoms with van der Waals surface area (Å²) >= 11 is 0. The molecule has 0 bridgehead atoms. The number of benzene rings is 2. The molecule has 2 aromatic carbocycles. The number of carbonyl (C=O) groups is 1. The summed E-state index contributed by atoms with van der Waals surface area (Å²) in [6.45, 7) is 11.8. The number of nitrogens with one attached hydrogen (secondary N) is 1. The van der Waals surface area contributed by atoms with Crippen molar-refractivity contribution in [3.8, 4) is 0 Å². The number of rotatable bonds is 5. The largest absolute Gasteiger partial charge is 0.369 e. The van der Waals surface area contributed by atoms with Gasteiger partial charge >= 0.3 is 6.03 Å². The number of hydrogen-bond acceptors (Lipinski definition) is 3. The fourth-order valence-electron chi connectivity index (χ4n) is 4.30. The molecule has 0 spiro atoms. The van der Waals surface area contributed by atoms with Crippen molar-refractivity contribution in [1.82, 2.24) is 9.80 Å². The smallest absolute Gasteiger partial charge is 0.321 e. The van der Waals surface area contributed by atoms with Crippen molar-refractivity contribution in [1.29, 1.82) is 0 Å². The summed E-state index contributed by atoms with van der Waals surface area (Å²) in [4.78, 5) is 19.3. The van der Waals surface area contributed by atoms with Crippen molar-refractivity contribution in [3.63, 3.8) is 0 Å². The SMILES string of the molecule is Cc1cccc(N2CCN(CCC3CN(C(=O)Nc4ccccc4)C3)CC2)c1C. The summed E-state index contributed by atoms with van der Waals surface area (Å²) in [5, 5.41) is 2.97. The summed E-state index contributed by atoms with van der Waals surface area (Å²) in [7, 11) is 0. The van der Waals surface area contributed by atoms with Crippen LogP contribution in [0, 0.1) is 19.8 Å². The van der Waals surface area contributed by atoms with E-state index >= 15 is 0 Å². The lowest BCUT2D eigenvalue weighted by Gasteiger charge is -2.41. The van der Waals surface area contributed by atoms with Crippen LogP contribution < -0.4 is 10.2 Å². The van der Waals surface area contributed by atoms with Gasteiger partial charge in [-0.1, -0.05) is 30.3 Å². The van der Waals surface area contributed by atoms with E-state index in [0.717, 1.165) is 51.5 Å². The number of anilines is 2. The highest BCUT2D eigenvalue weighted by atomic mass is 16.2. The Kier molecular flexibility index (Phi) is 6.05. The minimum absolute atomic E-state index is 0.0228. The van der Waals surface area contributed by atoms with Crippen LogP contribution in [-0.4, -0.2) is 61.6 Å². The molecule has 29 heavy (non-hydrogen) atoms. The molecule has 0 unspecified atom stereocenters. The molecule has 4 rings (SSSR count). The van der Waals surface area contributed by atoms with Crippen LogP contribution >= 0.6 is 0 Å². The van der Waals surface area contributed by atoms with Gasteiger partial charge in [-0.25, -0.2) is 4.79 Å². The first-order valence-corrected chi connectivity index (χ1v) is 10.7. The van der Waals surface area contributed by atoms with Gasteiger partial charge in [0.1, 0.15) is 0 Å². The van der Waals surface area contributed by atoms with Crippen LogP contribution in [-0.2, 0) is 0 Å². The van der Waals surface area contributed by atoms with Crippen molar-refractivity contribution in [2.24, 2.45) is 5.92 Å². The Bertz CT molecular complexity index is 824. The zero-order chi connectivity index (χ0) is 20.2. The number of nitrogens with zero attached hydrogens (tertiary/aromatic N) is 3. The fraction of sp³-hybridized carbons (Fsp3) is 0.458. The summed E-state index contributed by atoms with van der Waals surface area (Å²) in [6.07, 6.45) is 1.18. The standard InChI is InChI=1S/C24H32N4O/c1-19-7-6-10-23(20(19)2)27-15-13-26(14-16-27)12-11-21-17-28(18-21)24(29)25-22-8-4-3-5-9-22/h3-10,21H,11-18H2,1-2H3,(H,25,29). The fourth-order valence-corrected chi connectivity index (χ4v) is 4.30. The van der Waals surface area contributed by atoms with Crippen LogP contribution in [0.2, 0.25) is 0 Å². The van der Waals surface area contributed by atoms with Crippen molar-refractivity contribution < 1.29 is 4.79 Å². The Balaban J connectivity index is 1.16. The maximum atomic E-state index is 12.3. The first-order chi connectivity index (χ1) is 14.1. The Morgan fingerprint density at radius 2 is 1.69 bits per heavy atom. The topological polar surface area (TPSA) is 38.8 Å². The summed E-state index contributed by atoms with van der Waals surface area (Å²) in [5.41, 5.74) is 5.03. The third kappa shape index (κ3) is 4.73. The van der Waals surface area contributed by atoms with Crippen LogP contribution in [0.5, 0.6) is 0 Å². The van der Waals surface area contributed by atoms with Gasteiger partial charge in [0.25, 0.3) is 0 Å². The lowest BCUT2D eigenvalue weighted by Crippen LogP contribution is -2.53. The quantitative estimate of drug-likeness (QED) is 0.837. The second kappa shape index (κ2) is 8.87. The Morgan fingerprint density at radius 1 is 0.966 bits per heavy atom. The molecular formula is C24H32N4O. The molecule has 2 amide bonds. The number of carbonyl (C=O) groups excluding carboxylic acids is 1. The Hall–Kier alpha value is -2.53. The minimum atomic E-state index is 0.0228. The normalized spacial score (nSPS) is 17.9. The van der Waals surface area contributed by atoms with Gasteiger partial charge in [-0.3, -0.25) is 4.90 Å². The van der Waals surface area contributed by atoms with Gasteiger partial charge in [0.2, 0.25) is 0 Å². The highest BCUT2D eigenvalue weighted by Crippen LogP contribution is 2.25. The van der Waals surface area contributed by atoms with Crippen LogP contribution in [0.4, 0.5) is 16.2 Å². The number of urea groups is 1. The Labute approximate surface area is 174 Å². The molecule has 2 aromatic rings. The summed E-state index contributed by atoms with van der Waals surface area (Å²) in [5.74, 6) is 0.633. The van der Waals surface area contributed by atoms with Crippen molar-refractivity contribution in [2.45, 2.75) is 20.3 Å². The highest BCUT2D eigenvalue weighted by Gasteiger charge is 2.31. The lowest BCUT2D eigenvalue weighted by atomic mass is 9.96. The molecule has 1 N–H and O–H groups in total. The molecule has 0 saturated carbocycles. The van der Waals surface area contributed by atoms with E-state index in [2.05, 4.69) is 47.2 Å². The van der Waals surface area contributed by atoms with Crippen molar-refractivity contribution in [2.75, 3.05) is 56.0 Å². The zero-order valence-electron chi connectivity index (χ0n) is 17.6. The van der Waals surface area contributed by atoms with Gasteiger partial charge in [-0.2, -0.15) is 0 Å². The van der Waals surface area contributed by atoms with E-state index in [1.54, 1.807) is 0 Å². The molecule has 0 atom stereocenters.